The Morgan fingerprint density at radius 3 is 2.65 bits per heavy atom. The second kappa shape index (κ2) is 8.44. The highest BCUT2D eigenvalue weighted by atomic mass is 35.5. The number of hydrogen-bond acceptors (Lipinski definition) is 6. The average molecular weight is 407 g/mol. The number of halogens is 1. The number of anilines is 1. The van der Waals surface area contributed by atoms with Gasteiger partial charge in [0.05, 0.1) is 16.5 Å². The van der Waals surface area contributed by atoms with Crippen LogP contribution in [0, 0.1) is 6.92 Å². The highest BCUT2D eigenvalue weighted by molar-refractivity contribution is 7.17. The van der Waals surface area contributed by atoms with Gasteiger partial charge >= 0.3 is 5.97 Å². The Morgan fingerprint density at radius 2 is 1.96 bits per heavy atom. The second-order valence-corrected chi connectivity index (χ2v) is 8.16. The molecule has 1 amide bonds. The van der Waals surface area contributed by atoms with Gasteiger partial charge in [-0.3, -0.25) is 4.79 Å². The van der Waals surface area contributed by atoms with Crippen molar-refractivity contribution >= 4 is 51.8 Å². The molecule has 26 heavy (non-hydrogen) atoms. The number of esters is 1. The number of thiophene rings is 1. The summed E-state index contributed by atoms with van der Waals surface area (Å²) in [7, 11) is 0. The van der Waals surface area contributed by atoms with Crippen molar-refractivity contribution in [3.63, 3.8) is 0 Å². The highest BCUT2D eigenvalue weighted by Gasteiger charge is 2.13. The molecule has 8 heteroatoms. The number of rotatable bonds is 6. The molecule has 0 aliphatic carbocycles. The smallest absolute Gasteiger partial charge is 0.348 e. The van der Waals surface area contributed by atoms with Crippen molar-refractivity contribution in [1.29, 1.82) is 0 Å². The van der Waals surface area contributed by atoms with Crippen LogP contribution < -0.4 is 5.32 Å². The van der Waals surface area contributed by atoms with Gasteiger partial charge in [-0.2, -0.15) is 0 Å². The third-order valence-corrected chi connectivity index (χ3v) is 5.48. The third-order valence-electron chi connectivity index (χ3n) is 3.37. The molecule has 0 saturated heterocycles. The molecular formula is C18H15ClN2O3S2. The Bertz CT molecular complexity index is 919. The fraction of sp³-hybridized carbons (Fsp3) is 0.167. The van der Waals surface area contributed by atoms with Crippen LogP contribution in [0.15, 0.2) is 41.8 Å². The fourth-order valence-corrected chi connectivity index (χ4v) is 3.82. The number of amides is 1. The molecule has 1 aromatic carbocycles. The third kappa shape index (κ3) is 5.14. The highest BCUT2D eigenvalue weighted by Crippen LogP contribution is 2.22. The van der Waals surface area contributed by atoms with Gasteiger partial charge in [0, 0.05) is 11.1 Å². The molecule has 0 aliphatic heterocycles. The number of thiazole rings is 1. The molecule has 0 saturated carbocycles. The number of aryl methyl sites for hydroxylation is 1. The Labute approximate surface area is 163 Å². The van der Waals surface area contributed by atoms with E-state index >= 15 is 0 Å². The summed E-state index contributed by atoms with van der Waals surface area (Å²) < 4.78 is 5.74. The largest absolute Gasteiger partial charge is 0.455 e. The quantitative estimate of drug-likeness (QED) is 0.602. The van der Waals surface area contributed by atoms with Crippen LogP contribution in [0.3, 0.4) is 0 Å². The van der Waals surface area contributed by atoms with Crippen LogP contribution in [0.25, 0.3) is 0 Å². The van der Waals surface area contributed by atoms with E-state index in [9.17, 15) is 9.59 Å². The number of ether oxygens (including phenoxy) is 1. The van der Waals surface area contributed by atoms with Crippen molar-refractivity contribution in [2.45, 2.75) is 20.0 Å². The second-order valence-electron chi connectivity index (χ2n) is 5.50. The van der Waals surface area contributed by atoms with Crippen LogP contribution in [0.4, 0.5) is 5.69 Å². The van der Waals surface area contributed by atoms with Crippen molar-refractivity contribution in [2.24, 2.45) is 0 Å². The van der Waals surface area contributed by atoms with Gasteiger partial charge in [-0.25, -0.2) is 9.78 Å². The molecule has 0 spiro atoms. The zero-order valence-corrected chi connectivity index (χ0v) is 16.2. The maximum Gasteiger partial charge on any atom is 0.348 e. The van der Waals surface area contributed by atoms with Crippen LogP contribution in [-0.4, -0.2) is 16.9 Å². The number of benzene rings is 1. The maximum atomic E-state index is 12.1. The molecule has 0 atom stereocenters. The van der Waals surface area contributed by atoms with Crippen molar-refractivity contribution in [2.75, 3.05) is 5.32 Å². The lowest BCUT2D eigenvalue weighted by Gasteiger charge is -2.04. The van der Waals surface area contributed by atoms with E-state index in [1.807, 2.05) is 31.2 Å². The first-order valence-corrected chi connectivity index (χ1v) is 9.79. The SMILES string of the molecule is Cc1ccc(NC(=O)Cc2nc(COC(=O)c3ccc(Cl)s3)cs2)cc1. The number of carbonyl (C=O) groups is 2. The molecule has 134 valence electrons. The van der Waals surface area contributed by atoms with Crippen LogP contribution in [-0.2, 0) is 22.6 Å². The lowest BCUT2D eigenvalue weighted by atomic mass is 10.2. The van der Waals surface area contributed by atoms with Crippen molar-refractivity contribution in [3.8, 4) is 0 Å². The van der Waals surface area contributed by atoms with E-state index < -0.39 is 5.97 Å². The molecule has 2 aromatic heterocycles. The summed E-state index contributed by atoms with van der Waals surface area (Å²) in [5, 5.41) is 5.28. The molecule has 5 nitrogen and oxygen atoms in total. The molecule has 2 heterocycles. The topological polar surface area (TPSA) is 68.3 Å². The Balaban J connectivity index is 1.50. The maximum absolute atomic E-state index is 12.1. The molecule has 0 unspecified atom stereocenters. The molecule has 0 aliphatic rings. The van der Waals surface area contributed by atoms with Crippen molar-refractivity contribution in [3.05, 3.63) is 67.3 Å². The Morgan fingerprint density at radius 1 is 1.19 bits per heavy atom. The molecular weight excluding hydrogens is 392 g/mol. The number of nitrogens with one attached hydrogen (secondary N) is 1. The zero-order valence-electron chi connectivity index (χ0n) is 13.8. The van der Waals surface area contributed by atoms with Gasteiger partial charge in [-0.15, -0.1) is 22.7 Å². The van der Waals surface area contributed by atoms with Gasteiger partial charge in [0.25, 0.3) is 0 Å². The first kappa shape index (κ1) is 18.6. The summed E-state index contributed by atoms with van der Waals surface area (Å²) in [4.78, 5) is 28.8. The normalized spacial score (nSPS) is 10.5. The standard InChI is InChI=1S/C18H15ClN2O3S2/c1-11-2-4-12(5-3-11)20-16(22)8-17-21-13(10-25-17)9-24-18(23)14-6-7-15(19)26-14/h2-7,10H,8-9H2,1H3,(H,20,22). The minimum Gasteiger partial charge on any atom is -0.455 e. The van der Waals surface area contributed by atoms with Gasteiger partial charge in [0.15, 0.2) is 0 Å². The van der Waals surface area contributed by atoms with E-state index in [0.717, 1.165) is 11.3 Å². The summed E-state index contributed by atoms with van der Waals surface area (Å²) in [5.41, 5.74) is 2.50. The molecule has 0 radical (unpaired) electrons. The molecule has 0 fully saturated rings. The van der Waals surface area contributed by atoms with E-state index in [2.05, 4.69) is 10.3 Å². The number of carbonyl (C=O) groups excluding carboxylic acids is 2. The van der Waals surface area contributed by atoms with Gasteiger partial charge in [0.1, 0.15) is 16.5 Å². The van der Waals surface area contributed by atoms with Crippen molar-refractivity contribution < 1.29 is 14.3 Å². The van der Waals surface area contributed by atoms with Gasteiger partial charge in [-0.05, 0) is 31.2 Å². The zero-order chi connectivity index (χ0) is 18.5. The number of hydrogen-bond donors (Lipinski definition) is 1. The summed E-state index contributed by atoms with van der Waals surface area (Å²) >= 11 is 8.33. The van der Waals surface area contributed by atoms with Crippen LogP contribution in [0.2, 0.25) is 4.34 Å². The number of aromatic nitrogens is 1. The Kier molecular flexibility index (Phi) is 6.03. The summed E-state index contributed by atoms with van der Waals surface area (Å²) in [6.07, 6.45) is 0.174. The average Bonchev–Trinajstić information content (AvgIpc) is 3.24. The van der Waals surface area contributed by atoms with Crippen LogP contribution >= 0.6 is 34.3 Å². The van der Waals surface area contributed by atoms with E-state index in [1.54, 1.807) is 17.5 Å². The van der Waals surface area contributed by atoms with E-state index in [-0.39, 0.29) is 18.9 Å². The van der Waals surface area contributed by atoms with Crippen LogP contribution in [0.1, 0.15) is 25.9 Å². The van der Waals surface area contributed by atoms with Gasteiger partial charge < -0.3 is 10.1 Å². The first-order valence-electron chi connectivity index (χ1n) is 7.72. The molecule has 0 bridgehead atoms. The van der Waals surface area contributed by atoms with Crippen molar-refractivity contribution in [1.82, 2.24) is 4.98 Å². The number of nitrogens with zero attached hydrogens (tertiary/aromatic N) is 1. The molecule has 3 rings (SSSR count). The molecule has 1 N–H and O–H groups in total. The predicted octanol–water partition coefficient (Wildman–Crippen LogP) is 4.70. The van der Waals surface area contributed by atoms with E-state index in [1.165, 1.54) is 22.7 Å². The fourth-order valence-electron chi connectivity index (χ4n) is 2.11. The lowest BCUT2D eigenvalue weighted by molar-refractivity contribution is -0.115. The summed E-state index contributed by atoms with van der Waals surface area (Å²) in [6, 6.07) is 10.9. The van der Waals surface area contributed by atoms with Gasteiger partial charge in [0.2, 0.25) is 5.91 Å². The van der Waals surface area contributed by atoms with Gasteiger partial charge in [-0.1, -0.05) is 29.3 Å². The summed E-state index contributed by atoms with van der Waals surface area (Å²) in [6.45, 7) is 2.05. The monoisotopic (exact) mass is 406 g/mol. The molecule has 3 aromatic rings. The lowest BCUT2D eigenvalue weighted by Crippen LogP contribution is -2.14. The van der Waals surface area contributed by atoms with Crippen LogP contribution in [0.5, 0.6) is 0 Å². The first-order chi connectivity index (χ1) is 12.5. The van der Waals surface area contributed by atoms with E-state index in [0.29, 0.717) is 19.9 Å². The minimum atomic E-state index is -0.437. The van der Waals surface area contributed by atoms with E-state index in [4.69, 9.17) is 16.3 Å². The minimum absolute atomic E-state index is 0.0600. The predicted molar refractivity (Wildman–Crippen MR) is 104 cm³/mol. The summed E-state index contributed by atoms with van der Waals surface area (Å²) in [5.74, 6) is -0.575. The Hall–Kier alpha value is -2.22.